The van der Waals surface area contributed by atoms with Crippen LogP contribution in [0, 0.1) is 11.8 Å². The zero-order valence-corrected chi connectivity index (χ0v) is 14.4. The van der Waals surface area contributed by atoms with Crippen molar-refractivity contribution < 1.29 is 0 Å². The van der Waals surface area contributed by atoms with Crippen LogP contribution in [0.15, 0.2) is 12.2 Å². The lowest BCUT2D eigenvalue weighted by molar-refractivity contribution is 0.342. The van der Waals surface area contributed by atoms with Gasteiger partial charge in [-0.25, -0.2) is 0 Å². The summed E-state index contributed by atoms with van der Waals surface area (Å²) in [5.41, 5.74) is 0. The summed E-state index contributed by atoms with van der Waals surface area (Å²) in [5, 5.41) is 0. The summed E-state index contributed by atoms with van der Waals surface area (Å²) in [6.45, 7) is 6.14. The molecule has 3 aliphatic carbocycles. The van der Waals surface area contributed by atoms with Crippen LogP contribution in [-0.4, -0.2) is 6.71 Å². The lowest BCUT2D eigenvalue weighted by atomic mass is 9.22. The Morgan fingerprint density at radius 1 is 0.714 bits per heavy atom. The van der Waals surface area contributed by atoms with Crippen molar-refractivity contribution in [3.63, 3.8) is 0 Å². The average molecular weight is 286 g/mol. The van der Waals surface area contributed by atoms with Crippen molar-refractivity contribution in [2.75, 3.05) is 0 Å². The molecule has 0 spiro atoms. The van der Waals surface area contributed by atoms with Crippen LogP contribution in [-0.2, 0) is 0 Å². The lowest BCUT2D eigenvalue weighted by Crippen LogP contribution is -2.40. The predicted molar refractivity (Wildman–Crippen MR) is 95.3 cm³/mol. The summed E-state index contributed by atoms with van der Waals surface area (Å²) in [4.78, 5) is 0. The quantitative estimate of drug-likeness (QED) is 0.397. The first-order chi connectivity index (χ1) is 10.3. The second-order valence-corrected chi connectivity index (χ2v) is 8.45. The summed E-state index contributed by atoms with van der Waals surface area (Å²) >= 11 is 0. The molecular formula is C20H35B. The van der Waals surface area contributed by atoms with E-state index in [2.05, 4.69) is 26.0 Å². The summed E-state index contributed by atoms with van der Waals surface area (Å²) in [5.74, 6) is 4.92. The van der Waals surface area contributed by atoms with Gasteiger partial charge in [0.25, 0.3) is 0 Å². The van der Waals surface area contributed by atoms with E-state index >= 15 is 0 Å². The fourth-order valence-electron chi connectivity index (χ4n) is 5.95. The van der Waals surface area contributed by atoms with Crippen molar-refractivity contribution in [3.8, 4) is 0 Å². The molecule has 118 valence electrons. The summed E-state index contributed by atoms with van der Waals surface area (Å²) < 4.78 is 0. The Labute approximate surface area is 133 Å². The van der Waals surface area contributed by atoms with Crippen molar-refractivity contribution in [2.24, 2.45) is 11.8 Å². The average Bonchev–Trinajstić information content (AvgIpc) is 2.52. The van der Waals surface area contributed by atoms with Gasteiger partial charge < -0.3 is 0 Å². The highest BCUT2D eigenvalue weighted by Crippen LogP contribution is 2.51. The molecule has 3 aliphatic rings. The maximum absolute atomic E-state index is 2.64. The minimum atomic E-state index is 0.912. The van der Waals surface area contributed by atoms with E-state index in [1.54, 1.807) is 0 Å². The molecule has 0 aliphatic heterocycles. The van der Waals surface area contributed by atoms with Gasteiger partial charge >= 0.3 is 0 Å². The highest BCUT2D eigenvalue weighted by Gasteiger charge is 2.43. The molecule has 1 heteroatoms. The summed E-state index contributed by atoms with van der Waals surface area (Å²) in [6, 6.07) is 0. The molecule has 0 bridgehead atoms. The predicted octanol–water partition coefficient (Wildman–Crippen LogP) is 6.75. The van der Waals surface area contributed by atoms with E-state index in [0.717, 1.165) is 36.0 Å². The molecule has 2 fully saturated rings. The minimum absolute atomic E-state index is 0.912. The minimum Gasteiger partial charge on any atom is -0.0926 e. The first-order valence-corrected chi connectivity index (χ1v) is 9.94. The first-order valence-electron chi connectivity index (χ1n) is 9.94. The van der Waals surface area contributed by atoms with Gasteiger partial charge in [-0.2, -0.15) is 0 Å². The van der Waals surface area contributed by atoms with Crippen LogP contribution in [0.4, 0.5) is 0 Å². The summed E-state index contributed by atoms with van der Waals surface area (Å²) in [6.07, 6.45) is 21.4. The standard InChI is InChI=1S/C20H35B/c1-16-10-6-8-14-19(16)21(18-12-4-3-5-13-18)20-15-9-7-11-17(20)2/h4,12,16-20H,3,5-11,13-15H2,1-2H3. The molecule has 0 heterocycles. The van der Waals surface area contributed by atoms with Crippen molar-refractivity contribution in [2.45, 2.75) is 102 Å². The van der Waals surface area contributed by atoms with Gasteiger partial charge in [0.1, 0.15) is 0 Å². The van der Waals surface area contributed by atoms with E-state index in [1.807, 2.05) is 0 Å². The molecule has 3 rings (SSSR count). The molecule has 0 radical (unpaired) electrons. The molecule has 0 saturated heterocycles. The first kappa shape index (κ1) is 15.7. The zero-order valence-electron chi connectivity index (χ0n) is 14.4. The SMILES string of the molecule is CC1CCCCC1B(C1C=CCCC1)C1CCCCC1C. The van der Waals surface area contributed by atoms with Crippen molar-refractivity contribution in [1.29, 1.82) is 0 Å². The third-order valence-electron chi connectivity index (χ3n) is 7.13. The maximum atomic E-state index is 2.64. The third kappa shape index (κ3) is 3.59. The van der Waals surface area contributed by atoms with E-state index in [1.165, 1.54) is 70.6 Å². The van der Waals surface area contributed by atoms with Crippen LogP contribution in [0.25, 0.3) is 0 Å². The molecule has 5 atom stereocenters. The second kappa shape index (κ2) is 7.38. The monoisotopic (exact) mass is 286 g/mol. The van der Waals surface area contributed by atoms with Crippen molar-refractivity contribution >= 4 is 6.71 Å². The van der Waals surface area contributed by atoms with Crippen LogP contribution in [0.3, 0.4) is 0 Å². The van der Waals surface area contributed by atoms with Gasteiger partial charge in [-0.1, -0.05) is 95.4 Å². The normalized spacial score (nSPS) is 41.0. The van der Waals surface area contributed by atoms with E-state index in [4.69, 9.17) is 0 Å². The highest BCUT2D eigenvalue weighted by molar-refractivity contribution is 6.64. The largest absolute Gasteiger partial charge is 0.154 e. The van der Waals surface area contributed by atoms with E-state index in [9.17, 15) is 0 Å². The number of allylic oxidation sites excluding steroid dienone is 2. The Morgan fingerprint density at radius 2 is 1.29 bits per heavy atom. The highest BCUT2D eigenvalue weighted by atomic mass is 14.3. The van der Waals surface area contributed by atoms with Crippen molar-refractivity contribution in [1.82, 2.24) is 0 Å². The van der Waals surface area contributed by atoms with Gasteiger partial charge in [0.15, 0.2) is 6.71 Å². The third-order valence-corrected chi connectivity index (χ3v) is 7.13. The second-order valence-electron chi connectivity index (χ2n) is 8.45. The Bertz CT molecular complexity index is 326. The van der Waals surface area contributed by atoms with E-state index in [-0.39, 0.29) is 0 Å². The molecule has 5 unspecified atom stereocenters. The van der Waals surface area contributed by atoms with Gasteiger partial charge in [0.2, 0.25) is 0 Å². The molecule has 0 amide bonds. The van der Waals surface area contributed by atoms with Crippen LogP contribution in [0.2, 0.25) is 17.5 Å². The topological polar surface area (TPSA) is 0 Å². The Kier molecular flexibility index (Phi) is 5.51. The van der Waals surface area contributed by atoms with Crippen LogP contribution in [0.1, 0.15) is 84.5 Å². The van der Waals surface area contributed by atoms with Crippen LogP contribution in [0.5, 0.6) is 0 Å². The zero-order chi connectivity index (χ0) is 14.7. The molecular weight excluding hydrogens is 251 g/mol. The summed E-state index contributed by atoms with van der Waals surface area (Å²) in [7, 11) is 0. The van der Waals surface area contributed by atoms with E-state index < -0.39 is 0 Å². The Morgan fingerprint density at radius 3 is 1.76 bits per heavy atom. The molecule has 2 saturated carbocycles. The Balaban J connectivity index is 1.82. The fraction of sp³-hybridized carbons (Fsp3) is 0.900. The van der Waals surface area contributed by atoms with Crippen molar-refractivity contribution in [3.05, 3.63) is 12.2 Å². The van der Waals surface area contributed by atoms with Gasteiger partial charge in [0.05, 0.1) is 0 Å². The molecule has 21 heavy (non-hydrogen) atoms. The lowest BCUT2D eigenvalue weighted by Gasteiger charge is -2.45. The van der Waals surface area contributed by atoms with E-state index in [0.29, 0.717) is 0 Å². The van der Waals surface area contributed by atoms with Gasteiger partial charge in [-0.05, 0) is 30.5 Å². The smallest absolute Gasteiger partial charge is 0.0926 e. The van der Waals surface area contributed by atoms with Gasteiger partial charge in [-0.15, -0.1) is 0 Å². The number of hydrogen-bond acceptors (Lipinski definition) is 0. The Hall–Kier alpha value is -0.195. The maximum Gasteiger partial charge on any atom is 0.154 e. The number of rotatable bonds is 3. The number of hydrogen-bond donors (Lipinski definition) is 0. The van der Waals surface area contributed by atoms with Gasteiger partial charge in [-0.3, -0.25) is 0 Å². The van der Waals surface area contributed by atoms with Crippen LogP contribution < -0.4 is 0 Å². The molecule has 0 aromatic carbocycles. The molecule has 0 aromatic rings. The van der Waals surface area contributed by atoms with Gasteiger partial charge in [0, 0.05) is 0 Å². The fourth-order valence-corrected chi connectivity index (χ4v) is 5.95. The molecule has 0 N–H and O–H groups in total. The molecule has 0 nitrogen and oxygen atoms in total. The van der Waals surface area contributed by atoms with Crippen LogP contribution >= 0.6 is 0 Å². The molecule has 0 aromatic heterocycles.